The van der Waals surface area contributed by atoms with Gasteiger partial charge in [-0.05, 0) is 29.8 Å². The number of rotatable bonds is 6. The number of nitro groups is 1. The smallest absolute Gasteiger partial charge is 0.270 e. The molecule has 0 saturated heterocycles. The third-order valence-corrected chi connectivity index (χ3v) is 3.45. The molecule has 140 valence electrons. The van der Waals surface area contributed by atoms with E-state index in [1.165, 1.54) is 44.6 Å². The van der Waals surface area contributed by atoms with Gasteiger partial charge in [-0.3, -0.25) is 30.6 Å². The zero-order valence-corrected chi connectivity index (χ0v) is 14.6. The fourth-order valence-corrected chi connectivity index (χ4v) is 2.12. The second-order valence-corrected chi connectivity index (χ2v) is 5.20. The predicted octanol–water partition coefficient (Wildman–Crippen LogP) is 2.09. The minimum atomic E-state index is -0.674. The van der Waals surface area contributed by atoms with Crippen molar-refractivity contribution in [3.8, 4) is 11.5 Å². The van der Waals surface area contributed by atoms with E-state index >= 15 is 0 Å². The third-order valence-electron chi connectivity index (χ3n) is 3.45. The van der Waals surface area contributed by atoms with Crippen molar-refractivity contribution in [2.24, 2.45) is 0 Å². The molecule has 9 heteroatoms. The molecule has 2 rings (SSSR count). The molecule has 9 nitrogen and oxygen atoms in total. The van der Waals surface area contributed by atoms with E-state index in [2.05, 4.69) is 10.9 Å². The second kappa shape index (κ2) is 8.99. The molecule has 2 aromatic rings. The van der Waals surface area contributed by atoms with Gasteiger partial charge in [0.05, 0.1) is 19.1 Å². The van der Waals surface area contributed by atoms with Crippen LogP contribution >= 0.6 is 0 Å². The third kappa shape index (κ3) is 5.30. The van der Waals surface area contributed by atoms with E-state index in [0.29, 0.717) is 17.1 Å². The van der Waals surface area contributed by atoms with Gasteiger partial charge in [-0.25, -0.2) is 0 Å². The molecule has 2 aromatic carbocycles. The Labute approximate surface area is 154 Å². The van der Waals surface area contributed by atoms with Crippen LogP contribution in [0.5, 0.6) is 11.5 Å². The van der Waals surface area contributed by atoms with Gasteiger partial charge in [0.1, 0.15) is 0 Å². The first-order valence-corrected chi connectivity index (χ1v) is 7.69. The Kier molecular flexibility index (Phi) is 6.48. The van der Waals surface area contributed by atoms with Crippen molar-refractivity contribution >= 4 is 23.6 Å². The van der Waals surface area contributed by atoms with Gasteiger partial charge in [0.25, 0.3) is 17.5 Å². The largest absolute Gasteiger partial charge is 0.493 e. The summed E-state index contributed by atoms with van der Waals surface area (Å²) in [6.07, 6.45) is 2.74. The average molecular weight is 371 g/mol. The van der Waals surface area contributed by atoms with Crippen LogP contribution in [0.3, 0.4) is 0 Å². The van der Waals surface area contributed by atoms with Gasteiger partial charge in [-0.15, -0.1) is 0 Å². The van der Waals surface area contributed by atoms with Gasteiger partial charge in [-0.1, -0.05) is 12.1 Å². The Hall–Kier alpha value is -3.88. The number of nitrogens with one attached hydrogen (secondary N) is 2. The van der Waals surface area contributed by atoms with E-state index in [4.69, 9.17) is 9.47 Å². The quantitative estimate of drug-likeness (QED) is 0.456. The van der Waals surface area contributed by atoms with Crippen LogP contribution in [0, 0.1) is 10.1 Å². The molecule has 0 aliphatic rings. The topological polar surface area (TPSA) is 120 Å². The molecule has 0 radical (unpaired) electrons. The number of hydrazine groups is 1. The Balaban J connectivity index is 1.96. The molecule has 0 spiro atoms. The average Bonchev–Trinajstić information content (AvgIpc) is 2.70. The number of hydrogen-bond acceptors (Lipinski definition) is 6. The van der Waals surface area contributed by atoms with E-state index in [9.17, 15) is 19.7 Å². The maximum Gasteiger partial charge on any atom is 0.270 e. The number of carbonyl (C=O) groups is 2. The Morgan fingerprint density at radius 1 is 1.04 bits per heavy atom. The fourth-order valence-electron chi connectivity index (χ4n) is 2.12. The van der Waals surface area contributed by atoms with Crippen molar-refractivity contribution in [2.45, 2.75) is 0 Å². The molecule has 2 amide bonds. The van der Waals surface area contributed by atoms with Gasteiger partial charge >= 0.3 is 0 Å². The minimum Gasteiger partial charge on any atom is -0.493 e. The van der Waals surface area contributed by atoms with Crippen molar-refractivity contribution < 1.29 is 24.0 Å². The molecular weight excluding hydrogens is 354 g/mol. The second-order valence-electron chi connectivity index (χ2n) is 5.20. The van der Waals surface area contributed by atoms with Crippen LogP contribution in [0.15, 0.2) is 48.5 Å². The number of non-ortho nitro benzene ring substituents is 1. The highest BCUT2D eigenvalue weighted by Gasteiger charge is 2.11. The summed E-state index contributed by atoms with van der Waals surface area (Å²) < 4.78 is 10.3. The van der Waals surface area contributed by atoms with Gasteiger partial charge in [0.15, 0.2) is 11.5 Å². The van der Waals surface area contributed by atoms with Gasteiger partial charge in [0, 0.05) is 23.8 Å². The number of ether oxygens (including phenoxy) is 2. The summed E-state index contributed by atoms with van der Waals surface area (Å²) in [4.78, 5) is 33.9. The molecule has 27 heavy (non-hydrogen) atoms. The summed E-state index contributed by atoms with van der Waals surface area (Å²) in [7, 11) is 3.02. The van der Waals surface area contributed by atoms with Crippen LogP contribution in [-0.2, 0) is 4.79 Å². The summed E-state index contributed by atoms with van der Waals surface area (Å²) in [5.41, 5.74) is 4.90. The highest BCUT2D eigenvalue weighted by molar-refractivity contribution is 5.98. The molecule has 0 aliphatic heterocycles. The summed E-state index contributed by atoms with van der Waals surface area (Å²) in [5, 5.41) is 10.7. The SMILES string of the molecule is COc1ccc(C=CC(=O)NNC(=O)c2cccc([N+](=O)[O-])c2)cc1OC. The molecule has 0 unspecified atom stereocenters. The normalized spacial score (nSPS) is 10.3. The number of benzene rings is 2. The predicted molar refractivity (Wildman–Crippen MR) is 97.3 cm³/mol. The van der Waals surface area contributed by atoms with Crippen LogP contribution < -0.4 is 20.3 Å². The molecule has 0 aromatic heterocycles. The first-order valence-electron chi connectivity index (χ1n) is 7.69. The zero-order valence-electron chi connectivity index (χ0n) is 14.6. The number of amides is 2. The van der Waals surface area contributed by atoms with Crippen LogP contribution in [0.1, 0.15) is 15.9 Å². The first kappa shape index (κ1) is 19.4. The highest BCUT2D eigenvalue weighted by Crippen LogP contribution is 2.27. The van der Waals surface area contributed by atoms with Gasteiger partial charge in [-0.2, -0.15) is 0 Å². The molecule has 0 bridgehead atoms. The van der Waals surface area contributed by atoms with Crippen molar-refractivity contribution in [3.63, 3.8) is 0 Å². The fraction of sp³-hybridized carbons (Fsp3) is 0.111. The maximum absolute atomic E-state index is 11.9. The first-order chi connectivity index (χ1) is 12.9. The molecule has 0 heterocycles. The van der Waals surface area contributed by atoms with E-state index in [1.54, 1.807) is 18.2 Å². The number of nitro benzene ring substituents is 1. The van der Waals surface area contributed by atoms with Crippen LogP contribution in [-0.4, -0.2) is 31.0 Å². The van der Waals surface area contributed by atoms with Crippen LogP contribution in [0.4, 0.5) is 5.69 Å². The number of hydrogen-bond donors (Lipinski definition) is 2. The van der Waals surface area contributed by atoms with Crippen molar-refractivity contribution in [1.82, 2.24) is 10.9 Å². The van der Waals surface area contributed by atoms with E-state index < -0.39 is 16.7 Å². The Bertz CT molecular complexity index is 894. The lowest BCUT2D eigenvalue weighted by atomic mass is 10.2. The Morgan fingerprint density at radius 3 is 2.44 bits per heavy atom. The van der Waals surface area contributed by atoms with Crippen molar-refractivity contribution in [3.05, 3.63) is 69.8 Å². The lowest BCUT2D eigenvalue weighted by molar-refractivity contribution is -0.384. The number of carbonyl (C=O) groups excluding carboxylic acids is 2. The minimum absolute atomic E-state index is 0.0494. The monoisotopic (exact) mass is 371 g/mol. The number of methoxy groups -OCH3 is 2. The molecule has 0 fully saturated rings. The number of nitrogens with zero attached hydrogens (tertiary/aromatic N) is 1. The molecule has 2 N–H and O–H groups in total. The van der Waals surface area contributed by atoms with E-state index in [1.807, 2.05) is 0 Å². The summed E-state index contributed by atoms with van der Waals surface area (Å²) in [6.45, 7) is 0. The molecule has 0 aliphatic carbocycles. The Morgan fingerprint density at radius 2 is 1.78 bits per heavy atom. The lowest BCUT2D eigenvalue weighted by Gasteiger charge is -2.07. The molecule has 0 saturated carbocycles. The summed E-state index contributed by atoms with van der Waals surface area (Å²) in [5.74, 6) is -0.183. The maximum atomic E-state index is 11.9. The van der Waals surface area contributed by atoms with Crippen LogP contribution in [0.25, 0.3) is 6.08 Å². The summed E-state index contributed by atoms with van der Waals surface area (Å²) in [6, 6.07) is 10.3. The summed E-state index contributed by atoms with van der Waals surface area (Å²) >= 11 is 0. The molecular formula is C18H17N3O6. The standard InChI is InChI=1S/C18H17N3O6/c1-26-15-8-6-12(10-16(15)27-2)7-9-17(22)19-20-18(23)13-4-3-5-14(11-13)21(24)25/h3-11H,1-2H3,(H,19,22)(H,20,23). The van der Waals surface area contributed by atoms with Crippen molar-refractivity contribution in [2.75, 3.05) is 14.2 Å². The highest BCUT2D eigenvalue weighted by atomic mass is 16.6. The van der Waals surface area contributed by atoms with Crippen LogP contribution in [0.2, 0.25) is 0 Å². The van der Waals surface area contributed by atoms with E-state index in [-0.39, 0.29) is 11.3 Å². The van der Waals surface area contributed by atoms with E-state index in [0.717, 1.165) is 6.07 Å². The van der Waals surface area contributed by atoms with Gasteiger partial charge < -0.3 is 9.47 Å². The zero-order chi connectivity index (χ0) is 19.8. The van der Waals surface area contributed by atoms with Gasteiger partial charge in [0.2, 0.25) is 0 Å². The molecule has 0 atom stereocenters. The van der Waals surface area contributed by atoms with Crippen molar-refractivity contribution in [1.29, 1.82) is 0 Å². The lowest BCUT2D eigenvalue weighted by Crippen LogP contribution is -2.40.